The predicted octanol–water partition coefficient (Wildman–Crippen LogP) is 4.94. The summed E-state index contributed by atoms with van der Waals surface area (Å²) < 4.78 is 3.85. The molecule has 6 nitrogen and oxygen atoms in total. The van der Waals surface area contributed by atoms with Gasteiger partial charge < -0.3 is 9.88 Å². The van der Waals surface area contributed by atoms with Gasteiger partial charge in [0.1, 0.15) is 0 Å². The summed E-state index contributed by atoms with van der Waals surface area (Å²) in [6.07, 6.45) is 2.44. The number of benzene rings is 3. The number of carbonyl (C=O) groups is 1. The molecule has 2 heterocycles. The number of fused-ring (bicyclic) bond motifs is 4. The van der Waals surface area contributed by atoms with Gasteiger partial charge in [0, 0.05) is 47.0 Å². The van der Waals surface area contributed by atoms with Crippen LogP contribution in [0.3, 0.4) is 0 Å². The van der Waals surface area contributed by atoms with Crippen LogP contribution in [0, 0.1) is 0 Å². The average molecular weight is 425 g/mol. The molecule has 0 unspecified atom stereocenters. The summed E-state index contributed by atoms with van der Waals surface area (Å²) >= 11 is 0. The second-order valence-electron chi connectivity index (χ2n) is 7.91. The number of anilines is 1. The standard InChI is InChI=1S/C26H24N4O2/c1-2-30-23-11-6-4-8-19(23)21-16-18(13-14-24(21)30)28-25(31)12-7-15-29-17-27-22-10-5-3-9-20(22)26(29)32/h3-6,8-11,13-14,16-17H,2,7,12,15H2,1H3,(H,28,31). The number of aryl methyl sites for hydroxylation is 2. The third-order valence-corrected chi connectivity index (χ3v) is 5.91. The monoisotopic (exact) mass is 424 g/mol. The molecule has 5 aromatic rings. The average Bonchev–Trinajstić information content (AvgIpc) is 3.14. The van der Waals surface area contributed by atoms with Crippen LogP contribution in [0.2, 0.25) is 0 Å². The molecule has 0 fully saturated rings. The van der Waals surface area contributed by atoms with E-state index in [0.717, 1.165) is 23.1 Å². The first-order valence-corrected chi connectivity index (χ1v) is 10.9. The molecule has 3 aromatic carbocycles. The largest absolute Gasteiger partial charge is 0.341 e. The highest BCUT2D eigenvalue weighted by Gasteiger charge is 2.11. The Morgan fingerprint density at radius 2 is 1.69 bits per heavy atom. The molecular weight excluding hydrogens is 400 g/mol. The van der Waals surface area contributed by atoms with Gasteiger partial charge in [0.15, 0.2) is 0 Å². The van der Waals surface area contributed by atoms with E-state index in [0.29, 0.717) is 30.3 Å². The number of amides is 1. The Bertz CT molecular complexity index is 1510. The summed E-state index contributed by atoms with van der Waals surface area (Å²) in [5.41, 5.74) is 3.75. The highest BCUT2D eigenvalue weighted by Crippen LogP contribution is 2.31. The smallest absolute Gasteiger partial charge is 0.261 e. The van der Waals surface area contributed by atoms with Crippen LogP contribution in [0.1, 0.15) is 19.8 Å². The van der Waals surface area contributed by atoms with E-state index in [2.05, 4.69) is 40.0 Å². The van der Waals surface area contributed by atoms with Crippen LogP contribution in [0.25, 0.3) is 32.7 Å². The van der Waals surface area contributed by atoms with Crippen molar-refractivity contribution < 1.29 is 4.79 Å². The van der Waals surface area contributed by atoms with Gasteiger partial charge in [-0.2, -0.15) is 0 Å². The lowest BCUT2D eigenvalue weighted by molar-refractivity contribution is -0.116. The van der Waals surface area contributed by atoms with E-state index in [1.54, 1.807) is 17.0 Å². The molecule has 5 rings (SSSR count). The molecule has 0 saturated heterocycles. The van der Waals surface area contributed by atoms with Crippen molar-refractivity contribution in [2.45, 2.75) is 32.9 Å². The number of rotatable bonds is 6. The number of nitrogens with zero attached hydrogens (tertiary/aromatic N) is 3. The van der Waals surface area contributed by atoms with E-state index in [1.807, 2.05) is 42.5 Å². The minimum atomic E-state index is -0.0752. The lowest BCUT2D eigenvalue weighted by Crippen LogP contribution is -2.21. The van der Waals surface area contributed by atoms with E-state index in [9.17, 15) is 9.59 Å². The summed E-state index contributed by atoms with van der Waals surface area (Å²) in [7, 11) is 0. The van der Waals surface area contributed by atoms with E-state index < -0.39 is 0 Å². The number of hydrogen-bond acceptors (Lipinski definition) is 3. The molecule has 1 amide bonds. The Morgan fingerprint density at radius 1 is 0.938 bits per heavy atom. The van der Waals surface area contributed by atoms with Crippen LogP contribution < -0.4 is 10.9 Å². The van der Waals surface area contributed by atoms with Gasteiger partial charge in [0.2, 0.25) is 5.91 Å². The zero-order valence-electron chi connectivity index (χ0n) is 17.9. The number of carbonyl (C=O) groups excluding carboxylic acids is 1. The first-order chi connectivity index (χ1) is 15.7. The van der Waals surface area contributed by atoms with Gasteiger partial charge in [-0.3, -0.25) is 14.2 Å². The summed E-state index contributed by atoms with van der Waals surface area (Å²) in [4.78, 5) is 29.4. The Morgan fingerprint density at radius 3 is 2.53 bits per heavy atom. The molecule has 0 bridgehead atoms. The van der Waals surface area contributed by atoms with Crippen molar-refractivity contribution in [1.29, 1.82) is 0 Å². The predicted molar refractivity (Wildman–Crippen MR) is 129 cm³/mol. The van der Waals surface area contributed by atoms with Gasteiger partial charge in [-0.15, -0.1) is 0 Å². The third-order valence-electron chi connectivity index (χ3n) is 5.91. The highest BCUT2D eigenvalue weighted by atomic mass is 16.1. The molecule has 6 heteroatoms. The molecule has 0 saturated carbocycles. The van der Waals surface area contributed by atoms with Gasteiger partial charge >= 0.3 is 0 Å². The third kappa shape index (κ3) is 3.54. The van der Waals surface area contributed by atoms with Crippen LogP contribution in [0.5, 0.6) is 0 Å². The lowest BCUT2D eigenvalue weighted by atomic mass is 10.1. The van der Waals surface area contributed by atoms with Crippen molar-refractivity contribution >= 4 is 44.3 Å². The number of aromatic nitrogens is 3. The lowest BCUT2D eigenvalue weighted by Gasteiger charge is -2.08. The minimum absolute atomic E-state index is 0.0645. The van der Waals surface area contributed by atoms with Crippen LogP contribution in [0.15, 0.2) is 77.9 Å². The highest BCUT2D eigenvalue weighted by molar-refractivity contribution is 6.09. The van der Waals surface area contributed by atoms with E-state index in [1.165, 1.54) is 10.9 Å². The van der Waals surface area contributed by atoms with Crippen LogP contribution >= 0.6 is 0 Å². The molecule has 0 aliphatic carbocycles. The van der Waals surface area contributed by atoms with Crippen LogP contribution in [-0.2, 0) is 17.9 Å². The molecular formula is C26H24N4O2. The first-order valence-electron chi connectivity index (χ1n) is 10.9. The quantitative estimate of drug-likeness (QED) is 0.420. The van der Waals surface area contributed by atoms with Crippen LogP contribution in [0.4, 0.5) is 5.69 Å². The maximum absolute atomic E-state index is 12.6. The molecule has 0 atom stereocenters. The van der Waals surface area contributed by atoms with E-state index in [-0.39, 0.29) is 11.5 Å². The molecule has 2 aromatic heterocycles. The van der Waals surface area contributed by atoms with Crippen molar-refractivity contribution in [1.82, 2.24) is 14.1 Å². The van der Waals surface area contributed by atoms with E-state index in [4.69, 9.17) is 0 Å². The number of nitrogens with one attached hydrogen (secondary N) is 1. The molecule has 1 N–H and O–H groups in total. The fourth-order valence-corrected chi connectivity index (χ4v) is 4.37. The minimum Gasteiger partial charge on any atom is -0.341 e. The zero-order chi connectivity index (χ0) is 22.1. The van der Waals surface area contributed by atoms with Gasteiger partial charge in [0.05, 0.1) is 17.2 Å². The maximum Gasteiger partial charge on any atom is 0.261 e. The number of hydrogen-bond donors (Lipinski definition) is 1. The van der Waals surface area contributed by atoms with Gasteiger partial charge in [-0.1, -0.05) is 30.3 Å². The SMILES string of the molecule is CCn1c2ccccc2c2cc(NC(=O)CCCn3cnc4ccccc4c3=O)ccc21. The van der Waals surface area contributed by atoms with E-state index >= 15 is 0 Å². The Labute approximate surface area is 185 Å². The van der Waals surface area contributed by atoms with Crippen molar-refractivity contribution in [2.75, 3.05) is 5.32 Å². The summed E-state index contributed by atoms with van der Waals surface area (Å²) in [5, 5.41) is 5.92. The van der Waals surface area contributed by atoms with Crippen molar-refractivity contribution in [3.8, 4) is 0 Å². The van der Waals surface area contributed by atoms with Crippen LogP contribution in [-0.4, -0.2) is 20.0 Å². The Kier molecular flexibility index (Phi) is 5.19. The molecule has 160 valence electrons. The molecule has 0 radical (unpaired) electrons. The van der Waals surface area contributed by atoms with Crippen molar-refractivity contribution in [3.05, 3.63) is 83.4 Å². The summed E-state index contributed by atoms with van der Waals surface area (Å²) in [5.74, 6) is -0.0645. The first kappa shape index (κ1) is 20.0. The Balaban J connectivity index is 1.29. The second kappa shape index (κ2) is 8.30. The van der Waals surface area contributed by atoms with Gasteiger partial charge in [-0.25, -0.2) is 4.98 Å². The molecule has 0 aliphatic heterocycles. The zero-order valence-corrected chi connectivity index (χ0v) is 17.9. The van der Waals surface area contributed by atoms with Crippen molar-refractivity contribution in [3.63, 3.8) is 0 Å². The normalized spacial score (nSPS) is 11.4. The number of para-hydroxylation sites is 2. The molecule has 0 aliphatic rings. The van der Waals surface area contributed by atoms with Gasteiger partial charge in [0.25, 0.3) is 5.56 Å². The fraction of sp³-hybridized carbons (Fsp3) is 0.192. The fourth-order valence-electron chi connectivity index (χ4n) is 4.37. The maximum atomic E-state index is 12.6. The van der Waals surface area contributed by atoms with Crippen molar-refractivity contribution in [2.24, 2.45) is 0 Å². The summed E-state index contributed by atoms with van der Waals surface area (Å²) in [6, 6.07) is 21.7. The Hall–Kier alpha value is -3.93. The second-order valence-corrected chi connectivity index (χ2v) is 7.91. The summed E-state index contributed by atoms with van der Waals surface area (Å²) in [6.45, 7) is 3.48. The topological polar surface area (TPSA) is 68.9 Å². The van der Waals surface area contributed by atoms with Gasteiger partial charge in [-0.05, 0) is 49.7 Å². The molecule has 32 heavy (non-hydrogen) atoms. The molecule has 0 spiro atoms.